The number of halogens is 1. The van der Waals surface area contributed by atoms with E-state index in [1.165, 1.54) is 23.2 Å². The van der Waals surface area contributed by atoms with E-state index >= 15 is 0 Å². The van der Waals surface area contributed by atoms with Crippen molar-refractivity contribution in [1.29, 1.82) is 5.41 Å². The number of carbonyl (C=O) groups is 1. The van der Waals surface area contributed by atoms with Crippen molar-refractivity contribution in [3.8, 4) is 11.9 Å². The van der Waals surface area contributed by atoms with Crippen LogP contribution in [0.5, 0.6) is 5.75 Å². The smallest absolute Gasteiger partial charge is 0.435 e. The number of aromatic nitrogens is 1. The number of amides is 2. The summed E-state index contributed by atoms with van der Waals surface area (Å²) < 4.78 is 20.3. The van der Waals surface area contributed by atoms with E-state index in [-0.39, 0.29) is 23.5 Å². The molecule has 2 heterocycles. The number of hydrogen-bond acceptors (Lipinski definition) is 5. The fourth-order valence-electron chi connectivity index (χ4n) is 3.17. The quantitative estimate of drug-likeness (QED) is 0.444. The van der Waals surface area contributed by atoms with Crippen LogP contribution in [0.3, 0.4) is 0 Å². The van der Waals surface area contributed by atoms with Gasteiger partial charge in [-0.2, -0.15) is 4.85 Å². The van der Waals surface area contributed by atoms with E-state index in [1.54, 1.807) is 43.4 Å². The molecule has 162 valence electrons. The zero-order valence-electron chi connectivity index (χ0n) is 17.5. The predicted molar refractivity (Wildman–Crippen MR) is 116 cm³/mol. The number of urea groups is 1. The van der Waals surface area contributed by atoms with E-state index in [0.717, 1.165) is 19.4 Å². The number of nitrogens with two attached hydrogens (primary N) is 1. The van der Waals surface area contributed by atoms with Gasteiger partial charge in [-0.15, -0.1) is 5.41 Å². The first-order valence-corrected chi connectivity index (χ1v) is 9.77. The molecule has 0 unspecified atom stereocenters. The molecule has 1 aliphatic heterocycles. The minimum atomic E-state index is -0.762. The van der Waals surface area contributed by atoms with Gasteiger partial charge in [-0.1, -0.05) is 0 Å². The van der Waals surface area contributed by atoms with Crippen molar-refractivity contribution in [3.63, 3.8) is 0 Å². The lowest BCUT2D eigenvalue weighted by molar-refractivity contribution is 0.119. The van der Waals surface area contributed by atoms with Crippen LogP contribution in [-0.4, -0.2) is 60.1 Å². The molecule has 1 aliphatic rings. The third-order valence-electron chi connectivity index (χ3n) is 4.64. The lowest BCUT2D eigenvalue weighted by Gasteiger charge is -2.27. The predicted octanol–water partition coefficient (Wildman–Crippen LogP) is 3.07. The molecule has 0 radical (unpaired) electrons. The van der Waals surface area contributed by atoms with Gasteiger partial charge in [-0.25, -0.2) is 9.18 Å². The molecule has 9 nitrogen and oxygen atoms in total. The molecular weight excluding hydrogens is 401 g/mol. The first-order valence-electron chi connectivity index (χ1n) is 9.77. The van der Waals surface area contributed by atoms with E-state index in [4.69, 9.17) is 15.9 Å². The molecule has 1 aromatic carbocycles. The second-order valence-electron chi connectivity index (χ2n) is 7.29. The summed E-state index contributed by atoms with van der Waals surface area (Å²) >= 11 is 0. The number of primary amides is 1. The van der Waals surface area contributed by atoms with Gasteiger partial charge in [-0.3, -0.25) is 19.7 Å². The number of ether oxygens (including phenoxy) is 1. The van der Waals surface area contributed by atoms with Gasteiger partial charge in [0.1, 0.15) is 17.7 Å². The minimum absolute atomic E-state index is 0.0970. The van der Waals surface area contributed by atoms with Gasteiger partial charge in [-0.05, 0) is 31.0 Å². The van der Waals surface area contributed by atoms with Crippen LogP contribution in [0.1, 0.15) is 12.8 Å². The van der Waals surface area contributed by atoms with Crippen molar-refractivity contribution in [1.82, 2.24) is 14.8 Å². The number of carbonyl (C=O) groups excluding carboxylic acids is 1. The van der Waals surface area contributed by atoms with Crippen LogP contribution in [0.15, 0.2) is 42.7 Å². The van der Waals surface area contributed by atoms with Crippen LogP contribution in [0, 0.1) is 17.4 Å². The molecule has 1 aromatic heterocycles. The number of nitrogens with zero attached hydrogens (tertiary/aromatic N) is 5. The summed E-state index contributed by atoms with van der Waals surface area (Å²) in [7, 11) is 3.47. The normalized spacial score (nSPS) is 15.5. The van der Waals surface area contributed by atoms with Gasteiger partial charge in [0.15, 0.2) is 0 Å². The largest absolute Gasteiger partial charge is 0.487 e. The van der Waals surface area contributed by atoms with E-state index in [1.807, 2.05) is 4.90 Å². The zero-order valence-corrected chi connectivity index (χ0v) is 17.5. The standard InChI is InChI=1S/C21H24FN7O2/c1-27(2)20(23)26-14-28-8-4-6-18(13-28)31-19-10-15(22)9-17(11-19)29(21(24)30)16-5-3-7-25-12-16/h3,5,7,9-12,18,23H,4,6,8,13H2,1-2H3,(H-,24,30)/p+1/t18-/m0/s1. The molecule has 3 rings (SSSR count). The highest BCUT2D eigenvalue weighted by Crippen LogP contribution is 2.30. The molecule has 3 N–H and O–H groups in total. The maximum absolute atomic E-state index is 14.3. The number of benzene rings is 1. The summed E-state index contributed by atoms with van der Waals surface area (Å²) in [6, 6.07) is 6.60. The van der Waals surface area contributed by atoms with Crippen molar-refractivity contribution in [2.24, 2.45) is 5.73 Å². The fraction of sp³-hybridized carbons (Fsp3) is 0.333. The van der Waals surface area contributed by atoms with Crippen LogP contribution in [0.4, 0.5) is 20.6 Å². The average molecular weight is 426 g/mol. The van der Waals surface area contributed by atoms with Crippen molar-refractivity contribution >= 4 is 23.4 Å². The number of piperidine rings is 1. The minimum Gasteiger partial charge on any atom is -0.487 e. The van der Waals surface area contributed by atoms with Crippen molar-refractivity contribution in [3.05, 3.63) is 53.4 Å². The van der Waals surface area contributed by atoms with Crippen LogP contribution in [-0.2, 0) is 0 Å². The van der Waals surface area contributed by atoms with Crippen molar-refractivity contribution < 1.29 is 13.9 Å². The number of rotatable bonds is 4. The van der Waals surface area contributed by atoms with Gasteiger partial charge in [0.05, 0.1) is 30.7 Å². The molecule has 1 atom stereocenters. The Kier molecular flexibility index (Phi) is 6.87. The Morgan fingerprint density at radius 2 is 2.19 bits per heavy atom. The Hall–Kier alpha value is -3.87. The molecular formula is C21H25FN7O2+. The molecule has 0 saturated carbocycles. The number of hydrogen-bond donors (Lipinski definition) is 2. The first-order chi connectivity index (χ1) is 14.8. The van der Waals surface area contributed by atoms with E-state index in [0.29, 0.717) is 12.2 Å². The number of pyridine rings is 1. The second kappa shape index (κ2) is 9.75. The topological polar surface area (TPSA) is 103 Å². The van der Waals surface area contributed by atoms with Crippen LogP contribution < -0.4 is 15.4 Å². The molecule has 0 aliphatic carbocycles. The van der Waals surface area contributed by atoms with Crippen molar-refractivity contribution in [2.45, 2.75) is 18.9 Å². The average Bonchev–Trinajstić information content (AvgIpc) is 2.72. The molecule has 1 saturated heterocycles. The van der Waals surface area contributed by atoms with Crippen LogP contribution >= 0.6 is 0 Å². The Bertz CT molecular complexity index is 1000. The maximum Gasteiger partial charge on any atom is 0.435 e. The van der Waals surface area contributed by atoms with Gasteiger partial charge in [0.25, 0.3) is 6.19 Å². The Labute approximate surface area is 180 Å². The molecule has 31 heavy (non-hydrogen) atoms. The lowest BCUT2D eigenvalue weighted by atomic mass is 10.1. The number of guanidine groups is 1. The Balaban J connectivity index is 1.77. The summed E-state index contributed by atoms with van der Waals surface area (Å²) in [4.78, 5) is 24.6. The highest BCUT2D eigenvalue weighted by atomic mass is 19.1. The van der Waals surface area contributed by atoms with Crippen LogP contribution in [0.25, 0.3) is 4.85 Å². The highest BCUT2D eigenvalue weighted by Gasteiger charge is 2.24. The van der Waals surface area contributed by atoms with Crippen LogP contribution in [0.2, 0.25) is 0 Å². The Morgan fingerprint density at radius 3 is 2.87 bits per heavy atom. The maximum atomic E-state index is 14.3. The molecule has 0 bridgehead atoms. The third kappa shape index (κ3) is 5.82. The number of nitrogens with one attached hydrogen (secondary N) is 1. The molecule has 1 fully saturated rings. The van der Waals surface area contributed by atoms with Crippen molar-refractivity contribution in [2.75, 3.05) is 32.1 Å². The molecule has 2 amide bonds. The van der Waals surface area contributed by atoms with E-state index in [2.05, 4.69) is 16.0 Å². The molecule has 0 spiro atoms. The summed E-state index contributed by atoms with van der Waals surface area (Å²) in [5.74, 6) is -0.169. The number of anilines is 2. The molecule has 10 heteroatoms. The summed E-state index contributed by atoms with van der Waals surface area (Å²) in [5, 5.41) is 7.73. The summed E-state index contributed by atoms with van der Waals surface area (Å²) in [6.45, 7) is 1.24. The zero-order chi connectivity index (χ0) is 22.4. The van der Waals surface area contributed by atoms with E-state index < -0.39 is 11.8 Å². The summed E-state index contributed by atoms with van der Waals surface area (Å²) in [5.41, 5.74) is 6.20. The number of likely N-dealkylation sites (tertiary alicyclic amines) is 1. The van der Waals surface area contributed by atoms with E-state index in [9.17, 15) is 9.18 Å². The second-order valence-corrected chi connectivity index (χ2v) is 7.29. The molecule has 2 aromatic rings. The fourth-order valence-corrected chi connectivity index (χ4v) is 3.17. The third-order valence-corrected chi connectivity index (χ3v) is 4.64. The highest BCUT2D eigenvalue weighted by molar-refractivity contribution is 5.98. The summed E-state index contributed by atoms with van der Waals surface area (Å²) in [6.07, 6.45) is 7.29. The SMILES string of the molecule is CN(C)C(=N)[N+]#CN1CCC[C@H](Oc2cc(F)cc(N(C(N)=O)c3cccnc3)c2)C1. The Morgan fingerprint density at radius 1 is 1.39 bits per heavy atom. The van der Waals surface area contributed by atoms with Gasteiger partial charge >= 0.3 is 12.0 Å². The first kappa shape index (κ1) is 21.8. The monoisotopic (exact) mass is 426 g/mol. The van der Waals surface area contributed by atoms with Gasteiger partial charge < -0.3 is 10.5 Å². The lowest BCUT2D eigenvalue weighted by Crippen LogP contribution is -2.38. The van der Waals surface area contributed by atoms with Gasteiger partial charge in [0, 0.05) is 32.4 Å². The van der Waals surface area contributed by atoms with Gasteiger partial charge in [0.2, 0.25) is 0 Å².